The van der Waals surface area contributed by atoms with E-state index in [-0.39, 0.29) is 12.0 Å². The number of aromatic nitrogens is 3. The number of carboxylic acid groups (broad SMARTS) is 1. The molecule has 0 bridgehead atoms. The van der Waals surface area contributed by atoms with Crippen molar-refractivity contribution >= 4 is 22.9 Å². The van der Waals surface area contributed by atoms with Gasteiger partial charge in [-0.25, -0.2) is 4.98 Å². The topological polar surface area (TPSA) is 101 Å². The summed E-state index contributed by atoms with van der Waals surface area (Å²) in [5.41, 5.74) is 1.22. The van der Waals surface area contributed by atoms with Crippen LogP contribution in [0.2, 0.25) is 0 Å². The van der Waals surface area contributed by atoms with Crippen molar-refractivity contribution in [1.82, 2.24) is 15.1 Å². The largest absolute Gasteiger partial charge is 0.481 e. The lowest BCUT2D eigenvalue weighted by atomic mass is 10.0. The third-order valence-electron chi connectivity index (χ3n) is 3.52. The Morgan fingerprint density at radius 1 is 1.38 bits per heavy atom. The van der Waals surface area contributed by atoms with Gasteiger partial charge in [0.2, 0.25) is 0 Å². The van der Waals surface area contributed by atoms with Crippen LogP contribution in [0, 0.1) is 12.8 Å². The van der Waals surface area contributed by atoms with Crippen LogP contribution in [0.3, 0.4) is 0 Å². The van der Waals surface area contributed by atoms with E-state index in [9.17, 15) is 4.79 Å². The molecule has 0 aromatic carbocycles. The standard InChI is InChI=1S/C14H20N4O3/c1-8(14(19)20)5-4-6-9(2)17-12-11-10(3)18-21-13(11)16-7-15-12/h7-9H,4-6H2,1-3H3,(H,19,20)(H,15,16,17). The molecule has 0 radical (unpaired) electrons. The minimum atomic E-state index is -0.742. The Bertz CT molecular complexity index is 626. The van der Waals surface area contributed by atoms with Crippen LogP contribution in [-0.2, 0) is 4.79 Å². The molecule has 2 N–H and O–H groups in total. The summed E-state index contributed by atoms with van der Waals surface area (Å²) in [7, 11) is 0. The molecule has 0 aliphatic heterocycles. The van der Waals surface area contributed by atoms with E-state index in [2.05, 4.69) is 20.4 Å². The maximum absolute atomic E-state index is 10.8. The lowest BCUT2D eigenvalue weighted by Gasteiger charge is -2.15. The summed E-state index contributed by atoms with van der Waals surface area (Å²) in [5, 5.41) is 16.9. The third kappa shape index (κ3) is 3.68. The molecule has 0 spiro atoms. The highest BCUT2D eigenvalue weighted by molar-refractivity contribution is 5.87. The van der Waals surface area contributed by atoms with Crippen LogP contribution in [0.15, 0.2) is 10.9 Å². The summed E-state index contributed by atoms with van der Waals surface area (Å²) in [4.78, 5) is 19.0. The van der Waals surface area contributed by atoms with Crippen LogP contribution in [-0.4, -0.2) is 32.2 Å². The van der Waals surface area contributed by atoms with Gasteiger partial charge in [-0.1, -0.05) is 18.5 Å². The monoisotopic (exact) mass is 292 g/mol. The number of rotatable bonds is 7. The molecule has 114 valence electrons. The van der Waals surface area contributed by atoms with Gasteiger partial charge in [-0.3, -0.25) is 4.79 Å². The second-order valence-corrected chi connectivity index (χ2v) is 5.39. The SMILES string of the molecule is Cc1noc2ncnc(NC(C)CCCC(C)C(=O)O)c12. The molecule has 0 aliphatic rings. The average molecular weight is 292 g/mol. The molecule has 2 atom stereocenters. The number of hydrogen-bond acceptors (Lipinski definition) is 6. The Hall–Kier alpha value is -2.18. The molecule has 2 heterocycles. The van der Waals surface area contributed by atoms with Crippen LogP contribution in [0.5, 0.6) is 0 Å². The van der Waals surface area contributed by atoms with Gasteiger partial charge in [-0.15, -0.1) is 0 Å². The van der Waals surface area contributed by atoms with Gasteiger partial charge in [-0.05, 0) is 26.7 Å². The van der Waals surface area contributed by atoms with Gasteiger partial charge in [0.05, 0.1) is 11.6 Å². The van der Waals surface area contributed by atoms with Crippen molar-refractivity contribution in [2.75, 3.05) is 5.32 Å². The van der Waals surface area contributed by atoms with Crippen molar-refractivity contribution in [2.45, 2.75) is 46.1 Å². The second kappa shape index (κ2) is 6.51. The number of aryl methyl sites for hydroxylation is 1. The zero-order valence-electron chi connectivity index (χ0n) is 12.5. The Morgan fingerprint density at radius 3 is 2.86 bits per heavy atom. The predicted octanol–water partition coefficient (Wildman–Crippen LogP) is 2.62. The fraction of sp³-hybridized carbons (Fsp3) is 0.571. The maximum atomic E-state index is 10.8. The van der Waals surface area contributed by atoms with E-state index in [0.29, 0.717) is 18.0 Å². The van der Waals surface area contributed by atoms with Crippen LogP contribution in [0.1, 0.15) is 38.8 Å². The van der Waals surface area contributed by atoms with E-state index in [0.717, 1.165) is 23.9 Å². The van der Waals surface area contributed by atoms with Crippen molar-refractivity contribution in [2.24, 2.45) is 5.92 Å². The van der Waals surface area contributed by atoms with Crippen LogP contribution >= 0.6 is 0 Å². The number of hydrogen-bond donors (Lipinski definition) is 2. The van der Waals surface area contributed by atoms with Gasteiger partial charge in [-0.2, -0.15) is 4.98 Å². The Balaban J connectivity index is 1.94. The van der Waals surface area contributed by atoms with Crippen molar-refractivity contribution < 1.29 is 14.4 Å². The summed E-state index contributed by atoms with van der Waals surface area (Å²) in [6, 6.07) is 0.179. The summed E-state index contributed by atoms with van der Waals surface area (Å²) in [6.07, 6.45) is 3.83. The highest BCUT2D eigenvalue weighted by Gasteiger charge is 2.15. The number of nitrogens with one attached hydrogen (secondary N) is 1. The lowest BCUT2D eigenvalue weighted by molar-refractivity contribution is -0.141. The van der Waals surface area contributed by atoms with Crippen molar-refractivity contribution in [3.05, 3.63) is 12.0 Å². The first-order valence-corrected chi connectivity index (χ1v) is 7.05. The first kappa shape index (κ1) is 15.2. The van der Waals surface area contributed by atoms with Gasteiger partial charge in [0.15, 0.2) is 0 Å². The summed E-state index contributed by atoms with van der Waals surface area (Å²) >= 11 is 0. The van der Waals surface area contributed by atoms with Crippen molar-refractivity contribution in [3.63, 3.8) is 0 Å². The zero-order chi connectivity index (χ0) is 15.4. The fourth-order valence-corrected chi connectivity index (χ4v) is 2.19. The minimum Gasteiger partial charge on any atom is -0.481 e. The molecule has 21 heavy (non-hydrogen) atoms. The Labute approximate surface area is 122 Å². The van der Waals surface area contributed by atoms with Crippen LogP contribution < -0.4 is 5.32 Å². The summed E-state index contributed by atoms with van der Waals surface area (Å²) < 4.78 is 5.10. The van der Waals surface area contributed by atoms with E-state index >= 15 is 0 Å². The first-order valence-electron chi connectivity index (χ1n) is 7.05. The molecule has 0 saturated heterocycles. The average Bonchev–Trinajstić information content (AvgIpc) is 2.81. The number of fused-ring (bicyclic) bond motifs is 1. The molecule has 2 aromatic rings. The highest BCUT2D eigenvalue weighted by atomic mass is 16.5. The zero-order valence-corrected chi connectivity index (χ0v) is 12.5. The normalized spacial score (nSPS) is 14.0. The van der Waals surface area contributed by atoms with E-state index < -0.39 is 5.97 Å². The molecule has 7 nitrogen and oxygen atoms in total. The molecular weight excluding hydrogens is 272 g/mol. The van der Waals surface area contributed by atoms with Crippen LogP contribution in [0.25, 0.3) is 11.1 Å². The number of carbonyl (C=O) groups is 1. The Kier molecular flexibility index (Phi) is 4.72. The number of nitrogens with zero attached hydrogens (tertiary/aromatic N) is 3. The number of carboxylic acids is 1. The number of anilines is 1. The predicted molar refractivity (Wildman–Crippen MR) is 78.1 cm³/mol. The molecule has 0 fully saturated rings. The molecule has 2 aromatic heterocycles. The van der Waals surface area contributed by atoms with Crippen molar-refractivity contribution in [3.8, 4) is 0 Å². The van der Waals surface area contributed by atoms with Gasteiger partial charge in [0, 0.05) is 6.04 Å². The molecule has 0 amide bonds. The highest BCUT2D eigenvalue weighted by Crippen LogP contribution is 2.23. The van der Waals surface area contributed by atoms with E-state index in [1.54, 1.807) is 6.92 Å². The lowest BCUT2D eigenvalue weighted by Crippen LogP contribution is -2.17. The molecule has 7 heteroatoms. The molecule has 0 saturated carbocycles. The van der Waals surface area contributed by atoms with Gasteiger partial charge >= 0.3 is 5.97 Å². The quantitative estimate of drug-likeness (QED) is 0.808. The summed E-state index contributed by atoms with van der Waals surface area (Å²) in [6.45, 7) is 5.62. The van der Waals surface area contributed by atoms with E-state index in [1.807, 2.05) is 13.8 Å². The smallest absolute Gasteiger partial charge is 0.306 e. The molecule has 0 aliphatic carbocycles. The number of aliphatic carboxylic acids is 1. The first-order chi connectivity index (χ1) is 9.99. The second-order valence-electron chi connectivity index (χ2n) is 5.39. The van der Waals surface area contributed by atoms with Gasteiger partial charge < -0.3 is 14.9 Å². The molecule has 2 rings (SSSR count). The molecular formula is C14H20N4O3. The van der Waals surface area contributed by atoms with E-state index in [4.69, 9.17) is 9.63 Å². The fourth-order valence-electron chi connectivity index (χ4n) is 2.19. The maximum Gasteiger partial charge on any atom is 0.306 e. The van der Waals surface area contributed by atoms with Crippen molar-refractivity contribution in [1.29, 1.82) is 0 Å². The summed E-state index contributed by atoms with van der Waals surface area (Å²) in [5.74, 6) is -0.339. The Morgan fingerprint density at radius 2 is 2.14 bits per heavy atom. The van der Waals surface area contributed by atoms with Crippen LogP contribution in [0.4, 0.5) is 5.82 Å². The van der Waals surface area contributed by atoms with Gasteiger partial charge in [0.1, 0.15) is 17.5 Å². The molecule has 2 unspecified atom stereocenters. The van der Waals surface area contributed by atoms with Gasteiger partial charge in [0.25, 0.3) is 5.71 Å². The third-order valence-corrected chi connectivity index (χ3v) is 3.52. The van der Waals surface area contributed by atoms with E-state index in [1.165, 1.54) is 6.33 Å². The minimum absolute atomic E-state index is 0.179.